The van der Waals surface area contributed by atoms with Crippen LogP contribution < -0.4 is 26.8 Å². The predicted molar refractivity (Wildman–Crippen MR) is 193 cm³/mol. The number of aromatic nitrogens is 2. The number of rotatable bonds is 13. The molecule has 0 saturated heterocycles. The lowest BCUT2D eigenvalue weighted by Crippen LogP contribution is -2.41. The number of hydrogen-bond donors (Lipinski definition) is 3. The van der Waals surface area contributed by atoms with Gasteiger partial charge in [0.1, 0.15) is 36.6 Å². The third-order valence-corrected chi connectivity index (χ3v) is 8.41. The van der Waals surface area contributed by atoms with E-state index in [-0.39, 0.29) is 44.2 Å². The number of anilines is 1. The van der Waals surface area contributed by atoms with Crippen molar-refractivity contribution in [3.63, 3.8) is 0 Å². The minimum atomic E-state index is -0.918. The molecule has 2 atom stereocenters. The number of nitrogens with zero attached hydrogens (tertiary/aromatic N) is 4. The second-order valence-corrected chi connectivity index (χ2v) is 12.1. The molecule has 1 aliphatic heterocycles. The van der Waals surface area contributed by atoms with Gasteiger partial charge in [-0.2, -0.15) is 4.99 Å². The van der Waals surface area contributed by atoms with E-state index < -0.39 is 35.2 Å². The highest BCUT2D eigenvalue weighted by atomic mass is 16.6. The van der Waals surface area contributed by atoms with Crippen molar-refractivity contribution in [1.29, 1.82) is 0 Å². The number of nitrogens with two attached hydrogens (primary N) is 1. The molecule has 264 valence electrons. The Morgan fingerprint density at radius 2 is 1.63 bits per heavy atom. The van der Waals surface area contributed by atoms with Crippen LogP contribution in [0, 0.1) is 0 Å². The van der Waals surface area contributed by atoms with Crippen molar-refractivity contribution in [3.8, 4) is 0 Å². The van der Waals surface area contributed by atoms with E-state index in [4.69, 9.17) is 15.2 Å². The van der Waals surface area contributed by atoms with Gasteiger partial charge < -0.3 is 25.8 Å². The molecule has 4 aromatic rings. The Kier molecular flexibility index (Phi) is 11.7. The average Bonchev–Trinajstić information content (AvgIpc) is 3.45. The molecule has 3 aromatic carbocycles. The van der Waals surface area contributed by atoms with Gasteiger partial charge in [-0.25, -0.2) is 14.6 Å². The lowest BCUT2D eigenvalue weighted by Gasteiger charge is -2.25. The Bertz CT molecular complexity index is 1950. The van der Waals surface area contributed by atoms with Crippen LogP contribution >= 0.6 is 0 Å². The number of fused-ring (bicyclic) bond motifs is 1. The van der Waals surface area contributed by atoms with Crippen molar-refractivity contribution in [2.45, 2.75) is 51.6 Å². The Labute approximate surface area is 295 Å². The van der Waals surface area contributed by atoms with Crippen LogP contribution in [0.1, 0.15) is 54.4 Å². The molecule has 5 rings (SSSR count). The van der Waals surface area contributed by atoms with E-state index in [0.717, 1.165) is 21.6 Å². The summed E-state index contributed by atoms with van der Waals surface area (Å²) in [7, 11) is 0. The smallest absolute Gasteiger partial charge is 0.435 e. The summed E-state index contributed by atoms with van der Waals surface area (Å²) in [5.74, 6) is -0.0194. The van der Waals surface area contributed by atoms with Gasteiger partial charge in [0.15, 0.2) is 0 Å². The van der Waals surface area contributed by atoms with E-state index in [1.165, 1.54) is 16.8 Å². The quantitative estimate of drug-likeness (QED) is 0.102. The maximum Gasteiger partial charge on any atom is 0.435 e. The summed E-state index contributed by atoms with van der Waals surface area (Å²) in [4.78, 5) is 62.8. The van der Waals surface area contributed by atoms with Crippen molar-refractivity contribution in [2.75, 3.05) is 18.0 Å². The topological polar surface area (TPSA) is 170 Å². The second kappa shape index (κ2) is 16.5. The third-order valence-electron chi connectivity index (χ3n) is 8.41. The highest BCUT2D eigenvalue weighted by molar-refractivity contribution is 6.02. The van der Waals surface area contributed by atoms with Gasteiger partial charge in [-0.05, 0) is 30.2 Å². The van der Waals surface area contributed by atoms with E-state index in [2.05, 4.69) is 27.2 Å². The molecule has 0 radical (unpaired) electrons. The highest BCUT2D eigenvalue weighted by Gasteiger charge is 2.46. The fraction of sp³-hybridized carbons (Fsp3) is 0.263. The van der Waals surface area contributed by atoms with Crippen LogP contribution in [-0.4, -0.2) is 46.6 Å². The second-order valence-electron chi connectivity index (χ2n) is 12.1. The van der Waals surface area contributed by atoms with E-state index in [9.17, 15) is 19.2 Å². The molecule has 0 bridgehead atoms. The number of aliphatic imine (C=N–C) groups is 1. The van der Waals surface area contributed by atoms with Gasteiger partial charge in [-0.3, -0.25) is 19.1 Å². The number of hydrogen-bond acceptors (Lipinski definition) is 8. The molecule has 0 aliphatic carbocycles. The van der Waals surface area contributed by atoms with Gasteiger partial charge in [-0.1, -0.05) is 97.9 Å². The summed E-state index contributed by atoms with van der Waals surface area (Å²) in [5, 5.41) is 6.29. The minimum Gasteiger partial charge on any atom is -0.444 e. The lowest BCUT2D eigenvalue weighted by atomic mass is 9.96. The van der Waals surface area contributed by atoms with Crippen LogP contribution in [0.4, 0.5) is 15.3 Å². The fourth-order valence-corrected chi connectivity index (χ4v) is 5.87. The van der Waals surface area contributed by atoms with Crippen LogP contribution in [0.2, 0.25) is 0 Å². The average molecular weight is 692 g/mol. The molecule has 0 fully saturated rings. The van der Waals surface area contributed by atoms with Crippen LogP contribution in [0.15, 0.2) is 114 Å². The molecule has 1 aromatic heterocycles. The van der Waals surface area contributed by atoms with Crippen LogP contribution in [0.3, 0.4) is 0 Å². The van der Waals surface area contributed by atoms with Crippen molar-refractivity contribution >= 4 is 29.6 Å². The minimum absolute atomic E-state index is 0.00829. The SMILES string of the molecule is C=CCN(C(=O)OCc1ccccc1)c1cnc2n(c1=O)[C@H](C(=O)NCc1ccc(C(N)=NC(=O)OCc3ccccc3)cc1)C[C@@]2(C)NCC. The Balaban J connectivity index is 1.29. The van der Waals surface area contributed by atoms with E-state index in [1.54, 1.807) is 24.3 Å². The van der Waals surface area contributed by atoms with Crippen molar-refractivity contribution in [3.05, 3.63) is 142 Å². The van der Waals surface area contributed by atoms with E-state index >= 15 is 0 Å². The van der Waals surface area contributed by atoms with Crippen molar-refractivity contribution < 1.29 is 23.9 Å². The largest absolute Gasteiger partial charge is 0.444 e. The monoisotopic (exact) mass is 691 g/mol. The number of nitrogens with one attached hydrogen (secondary N) is 2. The maximum absolute atomic E-state index is 14.1. The Morgan fingerprint density at radius 1 is 1.00 bits per heavy atom. The molecular formula is C38H41N7O6. The van der Waals surface area contributed by atoms with Gasteiger partial charge in [0.2, 0.25) is 5.91 Å². The zero-order valence-electron chi connectivity index (χ0n) is 28.6. The van der Waals surface area contributed by atoms with Gasteiger partial charge in [-0.15, -0.1) is 6.58 Å². The first kappa shape index (κ1) is 36.2. The molecule has 13 heteroatoms. The number of carbonyl (C=O) groups excluding carboxylic acids is 3. The summed E-state index contributed by atoms with van der Waals surface area (Å²) in [5.41, 5.74) is 7.54. The molecule has 13 nitrogen and oxygen atoms in total. The van der Waals surface area contributed by atoms with E-state index in [0.29, 0.717) is 17.9 Å². The van der Waals surface area contributed by atoms with Gasteiger partial charge in [0.05, 0.1) is 11.7 Å². The van der Waals surface area contributed by atoms with Gasteiger partial charge >= 0.3 is 12.2 Å². The summed E-state index contributed by atoms with van der Waals surface area (Å²) in [6.07, 6.45) is 1.53. The first-order valence-electron chi connectivity index (χ1n) is 16.5. The molecule has 0 unspecified atom stereocenters. The fourth-order valence-electron chi connectivity index (χ4n) is 5.87. The summed E-state index contributed by atoms with van der Waals surface area (Å²) in [6.45, 7) is 8.35. The van der Waals surface area contributed by atoms with Gasteiger partial charge in [0, 0.05) is 25.1 Å². The molecule has 2 heterocycles. The first-order valence-corrected chi connectivity index (χ1v) is 16.5. The first-order chi connectivity index (χ1) is 24.6. The van der Waals surface area contributed by atoms with Crippen molar-refractivity contribution in [1.82, 2.24) is 20.2 Å². The molecule has 0 spiro atoms. The zero-order chi connectivity index (χ0) is 36.4. The highest BCUT2D eigenvalue weighted by Crippen LogP contribution is 2.37. The normalized spacial score (nSPS) is 16.5. The summed E-state index contributed by atoms with van der Waals surface area (Å²) in [6, 6.07) is 24.4. The van der Waals surface area contributed by atoms with Crippen LogP contribution in [0.5, 0.6) is 0 Å². The molecule has 3 amide bonds. The van der Waals surface area contributed by atoms with Crippen LogP contribution in [0.25, 0.3) is 0 Å². The lowest BCUT2D eigenvalue weighted by molar-refractivity contribution is -0.124. The maximum atomic E-state index is 14.1. The number of benzene rings is 3. The number of amides is 3. The third kappa shape index (κ3) is 8.75. The summed E-state index contributed by atoms with van der Waals surface area (Å²) < 4.78 is 12.0. The molecule has 4 N–H and O–H groups in total. The zero-order valence-corrected chi connectivity index (χ0v) is 28.6. The van der Waals surface area contributed by atoms with Crippen LogP contribution in [-0.2, 0) is 39.6 Å². The Hall–Kier alpha value is -6.08. The molecular weight excluding hydrogens is 650 g/mol. The number of ether oxygens (including phenoxy) is 2. The van der Waals surface area contributed by atoms with Crippen molar-refractivity contribution in [2.24, 2.45) is 10.7 Å². The number of carbonyl (C=O) groups is 3. The molecule has 1 aliphatic rings. The number of amidine groups is 1. The van der Waals surface area contributed by atoms with E-state index in [1.807, 2.05) is 74.5 Å². The Morgan fingerprint density at radius 3 is 2.24 bits per heavy atom. The molecule has 0 saturated carbocycles. The predicted octanol–water partition coefficient (Wildman–Crippen LogP) is 4.70. The summed E-state index contributed by atoms with van der Waals surface area (Å²) >= 11 is 0. The van der Waals surface area contributed by atoms with Gasteiger partial charge in [0.25, 0.3) is 5.56 Å². The molecule has 51 heavy (non-hydrogen) atoms. The standard InChI is InChI=1S/C38H41N7O6/c1-4-20-44(37(49)51-25-28-14-10-7-11-15-28)31-23-41-35-38(3,42-5-2)21-30(45(35)34(31)47)33(46)40-22-26-16-18-29(19-17-26)32(39)43-36(48)50-24-27-12-8-6-9-13-27/h4,6-19,23,30,42H,1,5,20-22,24-25H2,2-3H3,(H,40,46)(H2,39,43,48)/t30-,38+/m0/s1.